The van der Waals surface area contributed by atoms with E-state index in [-0.39, 0.29) is 11.4 Å². The lowest BCUT2D eigenvalue weighted by molar-refractivity contribution is -0.387. The number of benzene rings is 2. The van der Waals surface area contributed by atoms with Gasteiger partial charge in [-0.15, -0.1) is 0 Å². The van der Waals surface area contributed by atoms with Crippen molar-refractivity contribution in [3.05, 3.63) is 69.0 Å². The molecule has 2 aromatic carbocycles. The number of halogens is 2. The molecular weight excluding hydrogens is 347 g/mol. The molecule has 0 aliphatic heterocycles. The lowest BCUT2D eigenvalue weighted by Gasteiger charge is -2.07. The van der Waals surface area contributed by atoms with Crippen LogP contribution in [0.2, 0.25) is 5.02 Å². The van der Waals surface area contributed by atoms with Gasteiger partial charge in [0.05, 0.1) is 9.82 Å². The summed E-state index contributed by atoms with van der Waals surface area (Å²) in [5, 5.41) is 11.2. The molecule has 0 spiro atoms. The normalized spacial score (nSPS) is 11.4. The van der Waals surface area contributed by atoms with Crippen molar-refractivity contribution in [1.29, 1.82) is 0 Å². The molecule has 122 valence electrons. The van der Waals surface area contributed by atoms with Gasteiger partial charge in [-0.2, -0.15) is 4.39 Å². The second kappa shape index (κ2) is 7.03. The molecule has 2 aromatic rings. The van der Waals surface area contributed by atoms with Gasteiger partial charge in [0.15, 0.2) is 0 Å². The van der Waals surface area contributed by atoms with E-state index in [1.807, 2.05) is 0 Å². The Morgan fingerprint density at radius 1 is 1.17 bits per heavy atom. The van der Waals surface area contributed by atoms with Crippen molar-refractivity contribution >= 4 is 27.3 Å². The molecule has 0 unspecified atom stereocenters. The van der Waals surface area contributed by atoms with Crippen LogP contribution in [0.1, 0.15) is 5.56 Å². The summed E-state index contributed by atoms with van der Waals surface area (Å²) in [6.45, 7) is 0.0924. The molecular formula is C14H12ClFN2O4S. The van der Waals surface area contributed by atoms with Crippen molar-refractivity contribution in [3.8, 4) is 0 Å². The van der Waals surface area contributed by atoms with Crippen molar-refractivity contribution in [2.75, 3.05) is 6.54 Å². The zero-order valence-electron chi connectivity index (χ0n) is 11.7. The topological polar surface area (TPSA) is 89.3 Å². The van der Waals surface area contributed by atoms with Gasteiger partial charge in [0.1, 0.15) is 0 Å². The third-order valence-corrected chi connectivity index (χ3v) is 4.75. The fourth-order valence-electron chi connectivity index (χ4n) is 1.86. The zero-order valence-corrected chi connectivity index (χ0v) is 13.3. The van der Waals surface area contributed by atoms with Crippen LogP contribution in [0.15, 0.2) is 47.4 Å². The molecule has 0 saturated carbocycles. The Labute approximate surface area is 137 Å². The number of nitrogens with one attached hydrogen (secondary N) is 1. The van der Waals surface area contributed by atoms with Crippen molar-refractivity contribution < 1.29 is 17.7 Å². The molecule has 0 saturated heterocycles. The molecule has 0 heterocycles. The van der Waals surface area contributed by atoms with E-state index in [0.717, 1.165) is 17.7 Å². The Hall–Kier alpha value is -2.03. The smallest absolute Gasteiger partial charge is 0.258 e. The molecule has 6 nitrogen and oxygen atoms in total. The number of sulfonamides is 1. The number of nitro benzene ring substituents is 1. The van der Waals surface area contributed by atoms with Crippen molar-refractivity contribution in [2.45, 2.75) is 11.3 Å². The molecule has 0 radical (unpaired) electrons. The molecule has 0 bridgehead atoms. The van der Waals surface area contributed by atoms with E-state index in [9.17, 15) is 22.9 Å². The maximum Gasteiger partial charge on any atom is 0.306 e. The fourth-order valence-corrected chi connectivity index (χ4v) is 3.04. The first kappa shape index (κ1) is 17.3. The van der Waals surface area contributed by atoms with E-state index in [0.29, 0.717) is 17.5 Å². The minimum Gasteiger partial charge on any atom is -0.258 e. The van der Waals surface area contributed by atoms with E-state index in [2.05, 4.69) is 4.72 Å². The summed E-state index contributed by atoms with van der Waals surface area (Å²) < 4.78 is 39.7. The van der Waals surface area contributed by atoms with Crippen LogP contribution >= 0.6 is 11.6 Å². The van der Waals surface area contributed by atoms with Crippen molar-refractivity contribution in [2.24, 2.45) is 0 Å². The Bertz CT molecular complexity index is 825. The SMILES string of the molecule is O=[N+]([O-])c1cc(S(=O)(=O)NCCc2ccc(Cl)cc2)ccc1F. The molecule has 0 atom stereocenters. The number of nitro groups is 1. The molecule has 1 N–H and O–H groups in total. The quantitative estimate of drug-likeness (QED) is 0.635. The number of hydrogen-bond donors (Lipinski definition) is 1. The second-order valence-corrected chi connectivity index (χ2v) is 6.85. The largest absolute Gasteiger partial charge is 0.306 e. The summed E-state index contributed by atoms with van der Waals surface area (Å²) in [5.74, 6) is -1.09. The third-order valence-electron chi connectivity index (χ3n) is 3.04. The van der Waals surface area contributed by atoms with Crippen LogP contribution in [0.4, 0.5) is 10.1 Å². The molecule has 0 aliphatic carbocycles. The van der Waals surface area contributed by atoms with Crippen LogP contribution in [-0.2, 0) is 16.4 Å². The average Bonchev–Trinajstić information content (AvgIpc) is 2.49. The molecule has 0 fully saturated rings. The van der Waals surface area contributed by atoms with Gasteiger partial charge in [-0.3, -0.25) is 10.1 Å². The highest BCUT2D eigenvalue weighted by Gasteiger charge is 2.21. The first-order valence-electron chi connectivity index (χ1n) is 6.47. The number of nitrogens with zero attached hydrogens (tertiary/aromatic N) is 1. The van der Waals surface area contributed by atoms with Crippen LogP contribution in [0.5, 0.6) is 0 Å². The minimum atomic E-state index is -3.96. The molecule has 0 aliphatic rings. The minimum absolute atomic E-state index is 0.0924. The van der Waals surface area contributed by atoms with Crippen molar-refractivity contribution in [3.63, 3.8) is 0 Å². The lowest BCUT2D eigenvalue weighted by Crippen LogP contribution is -2.26. The van der Waals surface area contributed by atoms with Crippen molar-refractivity contribution in [1.82, 2.24) is 4.72 Å². The molecule has 9 heteroatoms. The summed E-state index contributed by atoms with van der Waals surface area (Å²) >= 11 is 5.75. The molecule has 0 aromatic heterocycles. The summed E-state index contributed by atoms with van der Waals surface area (Å²) in [5.41, 5.74) is -0.00670. The Morgan fingerprint density at radius 3 is 2.43 bits per heavy atom. The van der Waals surface area contributed by atoms with Crippen LogP contribution in [0, 0.1) is 15.9 Å². The maximum atomic E-state index is 13.2. The monoisotopic (exact) mass is 358 g/mol. The van der Waals surface area contributed by atoms with Gasteiger partial charge in [0.25, 0.3) is 0 Å². The van der Waals surface area contributed by atoms with Gasteiger partial charge in [0, 0.05) is 17.6 Å². The molecule has 0 amide bonds. The van der Waals surface area contributed by atoms with Gasteiger partial charge in [-0.1, -0.05) is 23.7 Å². The van der Waals surface area contributed by atoms with E-state index in [4.69, 9.17) is 11.6 Å². The Morgan fingerprint density at radius 2 is 1.83 bits per heavy atom. The van der Waals surface area contributed by atoms with Gasteiger partial charge in [0.2, 0.25) is 15.8 Å². The highest BCUT2D eigenvalue weighted by atomic mass is 35.5. The van der Waals surface area contributed by atoms with Gasteiger partial charge >= 0.3 is 5.69 Å². The lowest BCUT2D eigenvalue weighted by atomic mass is 10.2. The van der Waals surface area contributed by atoms with E-state index in [1.165, 1.54) is 0 Å². The van der Waals surface area contributed by atoms with Gasteiger partial charge in [-0.25, -0.2) is 13.1 Å². The predicted molar refractivity (Wildman–Crippen MR) is 83.4 cm³/mol. The highest BCUT2D eigenvalue weighted by molar-refractivity contribution is 7.89. The third kappa shape index (κ3) is 4.47. The average molecular weight is 359 g/mol. The summed E-state index contributed by atoms with van der Waals surface area (Å²) in [7, 11) is -3.96. The van der Waals surface area contributed by atoms with Crippen LogP contribution in [-0.4, -0.2) is 19.9 Å². The predicted octanol–water partition coefficient (Wildman–Crippen LogP) is 2.91. The molecule has 2 rings (SSSR count). The summed E-state index contributed by atoms with van der Waals surface area (Å²) in [6, 6.07) is 9.33. The maximum absolute atomic E-state index is 13.2. The van der Waals surface area contributed by atoms with Crippen LogP contribution < -0.4 is 4.72 Å². The first-order valence-corrected chi connectivity index (χ1v) is 8.34. The standard InChI is InChI=1S/C14H12ClFN2O4S/c15-11-3-1-10(2-4-11)7-8-17-23(21,22)12-5-6-13(16)14(9-12)18(19)20/h1-6,9,17H,7-8H2. The van der Waals surface area contributed by atoms with Gasteiger partial charge in [-0.05, 0) is 36.2 Å². The fraction of sp³-hybridized carbons (Fsp3) is 0.143. The summed E-state index contributed by atoms with van der Waals surface area (Å²) in [6.07, 6.45) is 0.416. The Kier molecular flexibility index (Phi) is 5.30. The first-order chi connectivity index (χ1) is 10.8. The highest BCUT2D eigenvalue weighted by Crippen LogP contribution is 2.21. The number of hydrogen-bond acceptors (Lipinski definition) is 4. The van der Waals surface area contributed by atoms with Gasteiger partial charge < -0.3 is 0 Å². The van der Waals surface area contributed by atoms with E-state index in [1.54, 1.807) is 24.3 Å². The van der Waals surface area contributed by atoms with Crippen LogP contribution in [0.25, 0.3) is 0 Å². The zero-order chi connectivity index (χ0) is 17.0. The van der Waals surface area contributed by atoms with Crippen LogP contribution in [0.3, 0.4) is 0 Å². The summed E-state index contributed by atoms with van der Waals surface area (Å²) in [4.78, 5) is 9.34. The second-order valence-electron chi connectivity index (χ2n) is 4.64. The van der Waals surface area contributed by atoms with E-state index >= 15 is 0 Å². The number of rotatable bonds is 6. The Balaban J connectivity index is 2.08. The van der Waals surface area contributed by atoms with E-state index < -0.39 is 26.5 Å². The molecule has 23 heavy (non-hydrogen) atoms.